The lowest BCUT2D eigenvalue weighted by Crippen LogP contribution is -2.21. The first-order valence-corrected chi connectivity index (χ1v) is 12.2. The first kappa shape index (κ1) is 28.1. The van der Waals surface area contributed by atoms with Gasteiger partial charge in [-0.3, -0.25) is 9.59 Å². The van der Waals surface area contributed by atoms with Crippen LogP contribution in [0, 0.1) is 0 Å². The number of ether oxygens (including phenoxy) is 2. The zero-order valence-corrected chi connectivity index (χ0v) is 20.1. The molecule has 0 saturated carbocycles. The van der Waals surface area contributed by atoms with Gasteiger partial charge in [0.2, 0.25) is 10.0 Å². The molecule has 0 fully saturated rings. The molecule has 0 aliphatic heterocycles. The molecule has 14 heteroatoms. The van der Waals surface area contributed by atoms with Gasteiger partial charge in [0.1, 0.15) is 5.75 Å². The summed E-state index contributed by atoms with van der Waals surface area (Å²) in [5, 5.41) is 9.71. The van der Waals surface area contributed by atoms with Gasteiger partial charge in [-0.1, -0.05) is 12.1 Å². The summed E-state index contributed by atoms with van der Waals surface area (Å²) in [6, 6.07) is 14.7. The number of sulfonamides is 1. The third kappa shape index (κ3) is 8.31. The lowest BCUT2D eigenvalue weighted by molar-refractivity contribution is -0.137. The Morgan fingerprint density at radius 2 is 1.39 bits per heavy atom. The molecule has 0 atom stereocenters. The second-order valence-corrected chi connectivity index (χ2v) is 9.20. The van der Waals surface area contributed by atoms with Crippen LogP contribution in [0.4, 0.5) is 24.5 Å². The number of alkyl halides is 3. The smallest absolute Gasteiger partial charge is 0.416 e. The van der Waals surface area contributed by atoms with Crippen molar-refractivity contribution in [2.45, 2.75) is 11.1 Å². The van der Waals surface area contributed by atoms with Crippen LogP contribution in [0.15, 0.2) is 77.7 Å². The van der Waals surface area contributed by atoms with Gasteiger partial charge < -0.3 is 20.1 Å². The van der Waals surface area contributed by atoms with E-state index in [1.165, 1.54) is 48.5 Å². The molecule has 0 bridgehead atoms. The zero-order chi connectivity index (χ0) is 27.9. The van der Waals surface area contributed by atoms with Gasteiger partial charge >= 0.3 is 12.1 Å². The monoisotopic (exact) mass is 551 g/mol. The molecule has 38 heavy (non-hydrogen) atoms. The van der Waals surface area contributed by atoms with Crippen LogP contribution in [0.2, 0.25) is 0 Å². The Balaban J connectivity index is 1.46. The van der Waals surface area contributed by atoms with Crippen LogP contribution < -0.4 is 20.5 Å². The zero-order valence-electron chi connectivity index (χ0n) is 19.3. The molecule has 0 radical (unpaired) electrons. The molecule has 3 aromatic carbocycles. The molecule has 0 aliphatic rings. The lowest BCUT2D eigenvalue weighted by atomic mass is 10.2. The maximum atomic E-state index is 12.8. The fourth-order valence-corrected chi connectivity index (χ4v) is 3.53. The number of anilines is 2. The second-order valence-electron chi connectivity index (χ2n) is 7.64. The standard InChI is InChI=1S/C24H20F3N3O7S/c25-24(26,27)16-3-1-4-17(11-16)29-21(31)13-36-19-9-7-15(8-10-19)23(33)37-14-22(32)30-18-5-2-6-20(12-18)38(28,34)35/h1-12H,13-14H2,(H,29,31)(H,30,32)(H2,28,34,35). The van der Waals surface area contributed by atoms with Crippen molar-refractivity contribution in [1.82, 2.24) is 0 Å². The SMILES string of the molecule is NS(=O)(=O)c1cccc(NC(=O)COC(=O)c2ccc(OCC(=O)Nc3cccc(C(F)(F)F)c3)cc2)c1. The van der Waals surface area contributed by atoms with Crippen molar-refractivity contribution in [1.29, 1.82) is 0 Å². The van der Waals surface area contributed by atoms with E-state index < -0.39 is 52.8 Å². The number of hydrogen-bond acceptors (Lipinski definition) is 7. The minimum absolute atomic E-state index is 0.0485. The number of nitrogens with one attached hydrogen (secondary N) is 2. The van der Waals surface area contributed by atoms with Gasteiger partial charge in [-0.25, -0.2) is 18.4 Å². The maximum absolute atomic E-state index is 12.8. The van der Waals surface area contributed by atoms with E-state index in [4.69, 9.17) is 14.6 Å². The number of rotatable bonds is 9. The molecule has 3 aromatic rings. The molecule has 200 valence electrons. The Labute approximate surface area is 214 Å². The van der Waals surface area contributed by atoms with Gasteiger partial charge in [0.15, 0.2) is 13.2 Å². The Bertz CT molecular complexity index is 1440. The number of carbonyl (C=O) groups excluding carboxylic acids is 3. The predicted octanol–water partition coefficient (Wildman–Crippen LogP) is 3.17. The third-order valence-corrected chi connectivity index (χ3v) is 5.63. The van der Waals surface area contributed by atoms with Crippen molar-refractivity contribution >= 4 is 39.2 Å². The molecule has 0 aliphatic carbocycles. The van der Waals surface area contributed by atoms with E-state index in [9.17, 15) is 36.0 Å². The normalized spacial score (nSPS) is 11.4. The second kappa shape index (κ2) is 11.7. The summed E-state index contributed by atoms with van der Waals surface area (Å²) in [7, 11) is -3.96. The summed E-state index contributed by atoms with van der Waals surface area (Å²) in [4.78, 5) is 36.0. The van der Waals surface area contributed by atoms with Crippen molar-refractivity contribution in [3.63, 3.8) is 0 Å². The molecule has 4 N–H and O–H groups in total. The minimum atomic E-state index is -4.55. The minimum Gasteiger partial charge on any atom is -0.484 e. The molecule has 0 saturated heterocycles. The topological polar surface area (TPSA) is 154 Å². The molecule has 10 nitrogen and oxygen atoms in total. The lowest BCUT2D eigenvalue weighted by Gasteiger charge is -2.11. The summed E-state index contributed by atoms with van der Waals surface area (Å²) >= 11 is 0. The van der Waals surface area contributed by atoms with Crippen LogP contribution in [0.1, 0.15) is 15.9 Å². The third-order valence-electron chi connectivity index (χ3n) is 4.71. The largest absolute Gasteiger partial charge is 0.484 e. The van der Waals surface area contributed by atoms with E-state index >= 15 is 0 Å². The number of halogens is 3. The van der Waals surface area contributed by atoms with Gasteiger partial charge in [0.25, 0.3) is 11.8 Å². The number of esters is 1. The highest BCUT2D eigenvalue weighted by Crippen LogP contribution is 2.30. The van der Waals surface area contributed by atoms with E-state index in [1.807, 2.05) is 0 Å². The fraction of sp³-hybridized carbons (Fsp3) is 0.125. The van der Waals surface area contributed by atoms with E-state index in [2.05, 4.69) is 10.6 Å². The Morgan fingerprint density at radius 3 is 2.00 bits per heavy atom. The van der Waals surface area contributed by atoms with Crippen LogP contribution in [0.3, 0.4) is 0 Å². The summed E-state index contributed by atoms with van der Waals surface area (Å²) in [5.41, 5.74) is -0.758. The van der Waals surface area contributed by atoms with Crippen molar-refractivity contribution < 1.29 is 45.4 Å². The van der Waals surface area contributed by atoms with E-state index in [0.717, 1.165) is 24.3 Å². The number of hydrogen-bond donors (Lipinski definition) is 3. The van der Waals surface area contributed by atoms with Crippen molar-refractivity contribution in [2.75, 3.05) is 23.8 Å². The quantitative estimate of drug-likeness (QED) is 0.345. The number of primary sulfonamides is 1. The molecule has 0 heterocycles. The highest BCUT2D eigenvalue weighted by atomic mass is 32.2. The van der Waals surface area contributed by atoms with Gasteiger partial charge in [0, 0.05) is 11.4 Å². The van der Waals surface area contributed by atoms with Crippen LogP contribution in [0.25, 0.3) is 0 Å². The molecule has 3 rings (SSSR count). The highest BCUT2D eigenvalue weighted by Gasteiger charge is 2.30. The summed E-state index contributed by atoms with van der Waals surface area (Å²) in [6.07, 6.45) is -4.55. The number of nitrogens with two attached hydrogens (primary N) is 1. The first-order chi connectivity index (χ1) is 17.8. The van der Waals surface area contributed by atoms with Gasteiger partial charge in [0.05, 0.1) is 16.0 Å². The van der Waals surface area contributed by atoms with Crippen LogP contribution >= 0.6 is 0 Å². The number of benzene rings is 3. The number of amides is 2. The average Bonchev–Trinajstić information content (AvgIpc) is 2.86. The maximum Gasteiger partial charge on any atom is 0.416 e. The van der Waals surface area contributed by atoms with Crippen LogP contribution in [0.5, 0.6) is 5.75 Å². The van der Waals surface area contributed by atoms with Gasteiger partial charge in [-0.05, 0) is 60.7 Å². The molecular formula is C24H20F3N3O7S. The Morgan fingerprint density at radius 1 is 0.816 bits per heavy atom. The number of carbonyl (C=O) groups is 3. The molecule has 0 unspecified atom stereocenters. The predicted molar refractivity (Wildman–Crippen MR) is 129 cm³/mol. The van der Waals surface area contributed by atoms with Crippen LogP contribution in [-0.2, 0) is 30.5 Å². The average molecular weight is 551 g/mol. The van der Waals surface area contributed by atoms with Crippen molar-refractivity contribution in [2.24, 2.45) is 5.14 Å². The fourth-order valence-electron chi connectivity index (χ4n) is 2.97. The summed E-state index contributed by atoms with van der Waals surface area (Å²) in [5.74, 6) is -2.08. The van der Waals surface area contributed by atoms with E-state index in [1.54, 1.807) is 0 Å². The van der Waals surface area contributed by atoms with Gasteiger partial charge in [-0.15, -0.1) is 0 Å². The van der Waals surface area contributed by atoms with Gasteiger partial charge in [-0.2, -0.15) is 13.2 Å². The van der Waals surface area contributed by atoms with Crippen molar-refractivity contribution in [3.8, 4) is 5.75 Å². The molecule has 0 aromatic heterocycles. The molecular weight excluding hydrogens is 531 g/mol. The summed E-state index contributed by atoms with van der Waals surface area (Å²) < 4.78 is 71.3. The molecule has 2 amide bonds. The molecule has 0 spiro atoms. The highest BCUT2D eigenvalue weighted by molar-refractivity contribution is 7.89. The van der Waals surface area contributed by atoms with Crippen molar-refractivity contribution in [3.05, 3.63) is 83.9 Å². The first-order valence-electron chi connectivity index (χ1n) is 10.6. The van der Waals surface area contributed by atoms with E-state index in [-0.39, 0.29) is 27.6 Å². The Hall–Kier alpha value is -4.43. The van der Waals surface area contributed by atoms with Crippen LogP contribution in [-0.4, -0.2) is 39.4 Å². The summed E-state index contributed by atoms with van der Waals surface area (Å²) in [6.45, 7) is -1.17. The van der Waals surface area contributed by atoms with E-state index in [0.29, 0.717) is 0 Å². The Kier molecular flexibility index (Phi) is 8.70.